The lowest BCUT2D eigenvalue weighted by Gasteiger charge is -2.37. The highest BCUT2D eigenvalue weighted by Gasteiger charge is 2.31. The van der Waals surface area contributed by atoms with Crippen LogP contribution >= 0.6 is 0 Å². The van der Waals surface area contributed by atoms with Gasteiger partial charge in [-0.2, -0.15) is 5.26 Å². The molecule has 6 rings (SSSR count). The monoisotopic (exact) mass is 616 g/mol. The van der Waals surface area contributed by atoms with Gasteiger partial charge >= 0.3 is 0 Å². The number of anilines is 2. The first-order chi connectivity index (χ1) is 22.5. The molecule has 10 nitrogen and oxygen atoms in total. The average Bonchev–Trinajstić information content (AvgIpc) is 3.07. The van der Waals surface area contributed by atoms with Gasteiger partial charge in [0.2, 0.25) is 11.9 Å². The molecule has 0 atom stereocenters. The van der Waals surface area contributed by atoms with Gasteiger partial charge in [0, 0.05) is 60.6 Å². The molecule has 2 fully saturated rings. The fraction of sp³-hybridized carbons (Fsp3) is 0.417. The van der Waals surface area contributed by atoms with E-state index in [1.165, 1.54) is 0 Å². The van der Waals surface area contributed by atoms with Gasteiger partial charge in [-0.1, -0.05) is 37.3 Å². The topological polar surface area (TPSA) is 130 Å². The summed E-state index contributed by atoms with van der Waals surface area (Å²) in [4.78, 5) is 38.8. The maximum absolute atomic E-state index is 13.9. The van der Waals surface area contributed by atoms with Crippen LogP contribution in [0.3, 0.4) is 0 Å². The molecule has 4 heterocycles. The minimum absolute atomic E-state index is 0.0299. The Morgan fingerprint density at radius 1 is 1.02 bits per heavy atom. The van der Waals surface area contributed by atoms with Gasteiger partial charge in [-0.15, -0.1) is 0 Å². The summed E-state index contributed by atoms with van der Waals surface area (Å²) in [5.41, 5.74) is 5.33. The van der Waals surface area contributed by atoms with Crippen molar-refractivity contribution in [2.75, 3.05) is 23.4 Å². The highest BCUT2D eigenvalue weighted by Crippen LogP contribution is 2.32. The number of hydrogen-bond acceptors (Lipinski definition) is 9. The Labute approximate surface area is 270 Å². The number of nitriles is 1. The van der Waals surface area contributed by atoms with E-state index >= 15 is 0 Å². The predicted molar refractivity (Wildman–Crippen MR) is 176 cm³/mol. The molecular formula is C36H40N8O2. The molecule has 0 unspecified atom stereocenters. The van der Waals surface area contributed by atoms with E-state index in [9.17, 15) is 10.1 Å². The third-order valence-corrected chi connectivity index (χ3v) is 8.99. The number of hydrogen-bond donors (Lipinski definition) is 1. The smallest absolute Gasteiger partial charge is 0.228 e. The lowest BCUT2D eigenvalue weighted by Crippen LogP contribution is -2.45. The Balaban J connectivity index is 1.17. The zero-order valence-corrected chi connectivity index (χ0v) is 26.5. The number of rotatable bonds is 11. The van der Waals surface area contributed by atoms with Crippen LogP contribution in [0.5, 0.6) is 0 Å². The summed E-state index contributed by atoms with van der Waals surface area (Å²) in [7, 11) is 0. The number of carbonyl (C=O) groups is 1. The molecule has 10 heteroatoms. The van der Waals surface area contributed by atoms with Crippen molar-refractivity contribution in [3.63, 3.8) is 0 Å². The number of amides is 1. The van der Waals surface area contributed by atoms with Gasteiger partial charge in [-0.3, -0.25) is 9.69 Å². The summed E-state index contributed by atoms with van der Waals surface area (Å²) in [5.74, 6) is 2.52. The van der Waals surface area contributed by atoms with Crippen LogP contribution in [0.2, 0.25) is 0 Å². The standard InChI is InChI=1S/C36H40N8O2/c1-3-33-38-19-28(20-39-33)31-21-40-34(15-24(31)2)44(35(45)14-9-25-7-5-4-6-8-25)30-12-10-29(11-13-30)42-36-41-18-27(17-37)32(43-36)16-26-22-46-23-26/h4-8,15,18-21,26,29-30H,3,9-14,16,22-23H2,1-2H3,(H,41,42,43). The number of pyridine rings is 1. The van der Waals surface area contributed by atoms with Crippen molar-refractivity contribution in [2.24, 2.45) is 5.92 Å². The molecule has 0 bridgehead atoms. The summed E-state index contributed by atoms with van der Waals surface area (Å²) >= 11 is 0. The van der Waals surface area contributed by atoms with Crippen molar-refractivity contribution in [1.82, 2.24) is 24.9 Å². The molecule has 0 radical (unpaired) electrons. The van der Waals surface area contributed by atoms with Crippen LogP contribution in [-0.2, 0) is 28.8 Å². The molecule has 236 valence electrons. The molecule has 1 saturated heterocycles. The van der Waals surface area contributed by atoms with E-state index in [0.717, 1.165) is 72.3 Å². The fourth-order valence-electron chi connectivity index (χ4n) is 6.26. The molecule has 4 aromatic rings. The largest absolute Gasteiger partial charge is 0.381 e. The van der Waals surface area contributed by atoms with E-state index in [1.54, 1.807) is 6.20 Å². The molecule has 1 amide bonds. The van der Waals surface area contributed by atoms with Gasteiger partial charge < -0.3 is 10.1 Å². The molecule has 1 aliphatic heterocycles. The van der Waals surface area contributed by atoms with Crippen molar-refractivity contribution in [2.45, 2.75) is 77.3 Å². The zero-order chi connectivity index (χ0) is 31.9. The number of nitrogens with zero attached hydrogens (tertiary/aromatic N) is 7. The van der Waals surface area contributed by atoms with Crippen molar-refractivity contribution >= 4 is 17.7 Å². The molecule has 3 aromatic heterocycles. The Hall–Kier alpha value is -4.75. The second kappa shape index (κ2) is 14.6. The Bertz CT molecular complexity index is 1680. The highest BCUT2D eigenvalue weighted by atomic mass is 16.5. The zero-order valence-electron chi connectivity index (χ0n) is 26.5. The van der Waals surface area contributed by atoms with E-state index in [4.69, 9.17) is 14.7 Å². The average molecular weight is 617 g/mol. The van der Waals surface area contributed by atoms with Crippen molar-refractivity contribution in [3.8, 4) is 17.2 Å². The maximum atomic E-state index is 13.9. The van der Waals surface area contributed by atoms with E-state index in [-0.39, 0.29) is 18.0 Å². The van der Waals surface area contributed by atoms with Gasteiger partial charge in [0.25, 0.3) is 0 Å². The summed E-state index contributed by atoms with van der Waals surface area (Å²) in [6, 6.07) is 14.6. The van der Waals surface area contributed by atoms with E-state index < -0.39 is 0 Å². The molecule has 1 saturated carbocycles. The molecule has 1 aromatic carbocycles. The number of benzene rings is 1. The summed E-state index contributed by atoms with van der Waals surface area (Å²) in [5, 5.41) is 13.0. The first-order valence-corrected chi connectivity index (χ1v) is 16.2. The van der Waals surface area contributed by atoms with Crippen LogP contribution in [0.25, 0.3) is 11.1 Å². The van der Waals surface area contributed by atoms with Crippen molar-refractivity contribution in [3.05, 3.63) is 89.4 Å². The first-order valence-electron chi connectivity index (χ1n) is 16.2. The van der Waals surface area contributed by atoms with Crippen LogP contribution in [0.4, 0.5) is 11.8 Å². The van der Waals surface area contributed by atoms with Gasteiger partial charge in [0.05, 0.1) is 30.7 Å². The maximum Gasteiger partial charge on any atom is 0.228 e. The van der Waals surface area contributed by atoms with Crippen LogP contribution < -0.4 is 10.2 Å². The van der Waals surface area contributed by atoms with E-state index in [0.29, 0.717) is 49.3 Å². The summed E-state index contributed by atoms with van der Waals surface area (Å²) < 4.78 is 5.31. The van der Waals surface area contributed by atoms with Gasteiger partial charge in [0.1, 0.15) is 17.7 Å². The normalized spacial score (nSPS) is 17.9. The number of aromatic nitrogens is 5. The number of nitrogens with one attached hydrogen (secondary N) is 1. The number of aryl methyl sites for hydroxylation is 3. The number of ether oxygens (including phenoxy) is 1. The van der Waals surface area contributed by atoms with Gasteiger partial charge in [-0.05, 0) is 62.6 Å². The van der Waals surface area contributed by atoms with Gasteiger partial charge in [0.15, 0.2) is 0 Å². The Kier molecular flexibility index (Phi) is 9.89. The molecule has 1 aliphatic carbocycles. The molecule has 46 heavy (non-hydrogen) atoms. The summed E-state index contributed by atoms with van der Waals surface area (Å²) in [6.45, 7) is 5.50. The summed E-state index contributed by atoms with van der Waals surface area (Å²) in [6.07, 6.45) is 13.1. The Morgan fingerprint density at radius 3 is 2.43 bits per heavy atom. The quantitative estimate of drug-likeness (QED) is 0.227. The highest BCUT2D eigenvalue weighted by molar-refractivity contribution is 5.93. The molecule has 0 spiro atoms. The predicted octanol–water partition coefficient (Wildman–Crippen LogP) is 5.65. The molecular weight excluding hydrogens is 576 g/mol. The van der Waals surface area contributed by atoms with Crippen LogP contribution in [0, 0.1) is 24.2 Å². The molecule has 1 N–H and O–H groups in total. The fourth-order valence-corrected chi connectivity index (χ4v) is 6.26. The number of carbonyl (C=O) groups excluding carboxylic acids is 1. The minimum atomic E-state index is 0.0299. The third kappa shape index (κ3) is 7.37. The Morgan fingerprint density at radius 2 is 1.78 bits per heavy atom. The van der Waals surface area contributed by atoms with Crippen molar-refractivity contribution < 1.29 is 9.53 Å². The minimum Gasteiger partial charge on any atom is -0.381 e. The van der Waals surface area contributed by atoms with Crippen LogP contribution in [0.15, 0.2) is 61.2 Å². The lowest BCUT2D eigenvalue weighted by molar-refractivity contribution is -0.119. The van der Waals surface area contributed by atoms with Crippen LogP contribution in [-0.4, -0.2) is 56.1 Å². The van der Waals surface area contributed by atoms with Gasteiger partial charge in [-0.25, -0.2) is 24.9 Å². The molecule has 2 aliphatic rings. The first kappa shape index (κ1) is 31.2. The van der Waals surface area contributed by atoms with Crippen LogP contribution in [0.1, 0.15) is 67.2 Å². The SMILES string of the molecule is CCc1ncc(-c2cnc(N(C(=O)CCc3ccccc3)C3CCC(Nc4ncc(C#N)c(CC5COC5)n4)CC3)cc2C)cn1. The lowest BCUT2D eigenvalue weighted by atomic mass is 9.89. The second-order valence-electron chi connectivity index (χ2n) is 12.3. The van der Waals surface area contributed by atoms with Crippen molar-refractivity contribution in [1.29, 1.82) is 5.26 Å². The third-order valence-electron chi connectivity index (χ3n) is 8.99. The van der Waals surface area contributed by atoms with E-state index in [1.807, 2.05) is 61.6 Å². The van der Waals surface area contributed by atoms with E-state index in [2.05, 4.69) is 38.5 Å². The second-order valence-corrected chi connectivity index (χ2v) is 12.3.